The molecule has 0 saturated carbocycles. The minimum Gasteiger partial charge on any atom is -0.459 e. The number of carbonyl (C=O) groups excluding carboxylic acids is 2. The summed E-state index contributed by atoms with van der Waals surface area (Å²) in [7, 11) is 0. The summed E-state index contributed by atoms with van der Waals surface area (Å²) in [5, 5.41) is 0. The topological polar surface area (TPSA) is 65.1 Å². The lowest BCUT2D eigenvalue weighted by Crippen LogP contribution is -2.44. The molecule has 3 aliphatic heterocycles. The van der Waals surface area contributed by atoms with E-state index in [0.717, 1.165) is 0 Å². The van der Waals surface area contributed by atoms with Gasteiger partial charge in [-0.2, -0.15) is 0 Å². The second kappa shape index (κ2) is 3.63. The van der Waals surface area contributed by atoms with E-state index in [1.54, 1.807) is 23.1 Å². The largest absolute Gasteiger partial charge is 0.459 e. The van der Waals surface area contributed by atoms with Crippen LogP contribution in [0.25, 0.3) is 0 Å². The second-order valence-corrected chi connectivity index (χ2v) is 4.84. The number of amides is 1. The molecule has 2 saturated heterocycles. The number of fused-ring (bicyclic) bond motifs is 3. The first kappa shape index (κ1) is 10.7. The molecule has 3 heterocycles. The summed E-state index contributed by atoms with van der Waals surface area (Å²) in [5.74, 6) is 0.740. The zero-order chi connectivity index (χ0) is 13.0. The second-order valence-electron chi connectivity index (χ2n) is 4.84. The van der Waals surface area contributed by atoms with Gasteiger partial charge in [-0.1, -0.05) is 0 Å². The van der Waals surface area contributed by atoms with Crippen molar-refractivity contribution in [2.24, 2.45) is 0 Å². The number of nitrogens with zero attached hydrogens (tertiary/aromatic N) is 1. The molecule has 0 aliphatic carbocycles. The van der Waals surface area contributed by atoms with Crippen LogP contribution in [-0.4, -0.2) is 42.3 Å². The van der Waals surface area contributed by atoms with Crippen molar-refractivity contribution in [3.8, 4) is 11.5 Å². The van der Waals surface area contributed by atoms with Crippen molar-refractivity contribution >= 4 is 11.9 Å². The van der Waals surface area contributed by atoms with Gasteiger partial charge in [0.05, 0.1) is 6.54 Å². The van der Waals surface area contributed by atoms with Gasteiger partial charge in [-0.15, -0.1) is 0 Å². The summed E-state index contributed by atoms with van der Waals surface area (Å²) >= 11 is 0. The monoisotopic (exact) mass is 261 g/mol. The lowest BCUT2D eigenvalue weighted by Gasteiger charge is -2.25. The molecule has 0 unspecified atom stereocenters. The minimum absolute atomic E-state index is 0.143. The van der Waals surface area contributed by atoms with Crippen LogP contribution >= 0.6 is 0 Å². The number of morpholine rings is 1. The highest BCUT2D eigenvalue weighted by molar-refractivity contribution is 5.98. The Morgan fingerprint density at radius 1 is 1.26 bits per heavy atom. The summed E-state index contributed by atoms with van der Waals surface area (Å²) in [6.45, 7) is 0.650. The third kappa shape index (κ3) is 1.49. The number of esters is 1. The highest BCUT2D eigenvalue weighted by Gasteiger charge is 2.48. The molecule has 0 N–H and O–H groups in total. The van der Waals surface area contributed by atoms with Crippen LogP contribution in [0.5, 0.6) is 11.5 Å². The van der Waals surface area contributed by atoms with Crippen molar-refractivity contribution in [2.75, 3.05) is 13.3 Å². The molecule has 1 aromatic rings. The third-order valence-electron chi connectivity index (χ3n) is 3.70. The quantitative estimate of drug-likeness (QED) is 0.691. The average Bonchev–Trinajstić information content (AvgIpc) is 3.10. The first-order valence-corrected chi connectivity index (χ1v) is 6.13. The highest BCUT2D eigenvalue weighted by Crippen LogP contribution is 2.35. The number of hydrogen-bond donors (Lipinski definition) is 0. The van der Waals surface area contributed by atoms with E-state index in [1.165, 1.54) is 0 Å². The molecule has 4 rings (SSSR count). The maximum absolute atomic E-state index is 12.4. The van der Waals surface area contributed by atoms with Gasteiger partial charge in [-0.05, 0) is 18.2 Å². The minimum atomic E-state index is -0.428. The fourth-order valence-electron chi connectivity index (χ4n) is 2.77. The molecule has 3 aliphatic rings. The van der Waals surface area contributed by atoms with Gasteiger partial charge in [0.1, 0.15) is 12.1 Å². The molecule has 6 heteroatoms. The van der Waals surface area contributed by atoms with Crippen LogP contribution in [0.1, 0.15) is 16.8 Å². The number of carbonyl (C=O) groups is 2. The molecule has 1 amide bonds. The Bertz CT molecular complexity index is 584. The van der Waals surface area contributed by atoms with Crippen molar-refractivity contribution < 1.29 is 23.8 Å². The van der Waals surface area contributed by atoms with Crippen molar-refractivity contribution in [1.29, 1.82) is 0 Å². The van der Waals surface area contributed by atoms with Crippen LogP contribution in [0.3, 0.4) is 0 Å². The van der Waals surface area contributed by atoms with E-state index in [4.69, 9.17) is 14.2 Å². The molecule has 6 nitrogen and oxygen atoms in total. The maximum atomic E-state index is 12.4. The van der Waals surface area contributed by atoms with Gasteiger partial charge in [0.25, 0.3) is 5.91 Å². The molecule has 98 valence electrons. The zero-order valence-electron chi connectivity index (χ0n) is 10.00. The van der Waals surface area contributed by atoms with Crippen LogP contribution in [0.2, 0.25) is 0 Å². The fraction of sp³-hybridized carbons (Fsp3) is 0.385. The normalized spacial score (nSPS) is 26.7. The fourth-order valence-corrected chi connectivity index (χ4v) is 2.77. The molecular weight excluding hydrogens is 250 g/mol. The Labute approximate surface area is 108 Å². The van der Waals surface area contributed by atoms with E-state index >= 15 is 0 Å². The van der Waals surface area contributed by atoms with Crippen LogP contribution in [0, 0.1) is 0 Å². The maximum Gasteiger partial charge on any atom is 0.329 e. The zero-order valence-corrected chi connectivity index (χ0v) is 10.00. The summed E-state index contributed by atoms with van der Waals surface area (Å²) in [4.78, 5) is 25.5. The first-order chi connectivity index (χ1) is 9.22. The molecule has 0 spiro atoms. The Morgan fingerprint density at radius 3 is 2.89 bits per heavy atom. The molecule has 2 atom stereocenters. The van der Waals surface area contributed by atoms with Crippen molar-refractivity contribution in [3.05, 3.63) is 23.8 Å². The van der Waals surface area contributed by atoms with Crippen LogP contribution in [0.15, 0.2) is 18.2 Å². The van der Waals surface area contributed by atoms with Crippen molar-refractivity contribution in [2.45, 2.75) is 18.6 Å². The standard InChI is InChI=1S/C13H11NO5/c15-12(14-5-8-4-9(14)13(16)19-8)7-1-2-10-11(3-7)18-6-17-10/h1-3,8-9H,4-6H2/t8-,9+/m1/s1. The van der Waals surface area contributed by atoms with Gasteiger partial charge >= 0.3 is 5.97 Å². The summed E-state index contributed by atoms with van der Waals surface area (Å²) in [6.07, 6.45) is 0.463. The van der Waals surface area contributed by atoms with Crippen molar-refractivity contribution in [1.82, 2.24) is 4.90 Å². The summed E-state index contributed by atoms with van der Waals surface area (Å²) in [5.41, 5.74) is 0.504. The van der Waals surface area contributed by atoms with E-state index < -0.39 is 6.04 Å². The smallest absolute Gasteiger partial charge is 0.329 e. The average molecular weight is 261 g/mol. The van der Waals surface area contributed by atoms with Crippen LogP contribution in [0.4, 0.5) is 0 Å². The number of hydrogen-bond acceptors (Lipinski definition) is 5. The number of likely N-dealkylation sites (tertiary alicyclic amines) is 1. The SMILES string of the molecule is O=C1O[C@@H]2C[C@@H]1N(C(=O)c1ccc3c(c1)OCO3)C2. The molecule has 2 bridgehead atoms. The number of rotatable bonds is 1. The van der Waals surface area contributed by atoms with E-state index in [1.807, 2.05) is 0 Å². The highest BCUT2D eigenvalue weighted by atomic mass is 16.7. The molecule has 2 fully saturated rings. The first-order valence-electron chi connectivity index (χ1n) is 6.13. The summed E-state index contributed by atoms with van der Waals surface area (Å²) < 4.78 is 15.5. The number of benzene rings is 1. The van der Waals surface area contributed by atoms with Gasteiger partial charge < -0.3 is 19.1 Å². The van der Waals surface area contributed by atoms with Crippen molar-refractivity contribution in [3.63, 3.8) is 0 Å². The predicted octanol–water partition coefficient (Wildman–Crippen LogP) is 0.555. The van der Waals surface area contributed by atoms with Crippen LogP contribution < -0.4 is 9.47 Å². The molecule has 19 heavy (non-hydrogen) atoms. The van der Waals surface area contributed by atoms with Crippen LogP contribution in [-0.2, 0) is 9.53 Å². The Kier molecular flexibility index (Phi) is 2.04. The molecule has 0 aromatic heterocycles. The lowest BCUT2D eigenvalue weighted by atomic mass is 10.1. The molecular formula is C13H11NO5. The molecule has 0 radical (unpaired) electrons. The summed E-state index contributed by atoms with van der Waals surface area (Å²) in [6, 6.07) is 4.63. The van der Waals surface area contributed by atoms with Gasteiger partial charge in [0, 0.05) is 12.0 Å². The van der Waals surface area contributed by atoms with Gasteiger partial charge in [0.2, 0.25) is 6.79 Å². The van der Waals surface area contributed by atoms with Gasteiger partial charge in [0.15, 0.2) is 11.5 Å². The predicted molar refractivity (Wildman–Crippen MR) is 61.9 cm³/mol. The Hall–Kier alpha value is -2.24. The molecule has 1 aromatic carbocycles. The van der Waals surface area contributed by atoms with Gasteiger partial charge in [-0.3, -0.25) is 4.79 Å². The van der Waals surface area contributed by atoms with E-state index in [9.17, 15) is 9.59 Å². The number of ether oxygens (including phenoxy) is 3. The van der Waals surface area contributed by atoms with Gasteiger partial charge in [-0.25, -0.2) is 4.79 Å². The van der Waals surface area contributed by atoms with E-state index in [-0.39, 0.29) is 24.8 Å². The lowest BCUT2D eigenvalue weighted by molar-refractivity contribution is -0.149. The Balaban J connectivity index is 1.63. The van der Waals surface area contributed by atoms with E-state index in [2.05, 4.69) is 0 Å². The van der Waals surface area contributed by atoms with E-state index in [0.29, 0.717) is 30.0 Å². The Morgan fingerprint density at radius 2 is 2.11 bits per heavy atom. The third-order valence-corrected chi connectivity index (χ3v) is 3.70.